The van der Waals surface area contributed by atoms with Crippen molar-refractivity contribution >= 4 is 17.9 Å². The van der Waals surface area contributed by atoms with Gasteiger partial charge in [0, 0.05) is 24.8 Å². The van der Waals surface area contributed by atoms with Crippen LogP contribution in [-0.4, -0.2) is 125 Å². The van der Waals surface area contributed by atoms with E-state index in [9.17, 15) is 29.7 Å². The molecule has 1 N–H and O–H groups in total. The molecule has 404 valence electrons. The summed E-state index contributed by atoms with van der Waals surface area (Å²) in [6, 6.07) is 0. The van der Waals surface area contributed by atoms with Gasteiger partial charge in [0.25, 0.3) is 0 Å². The minimum atomic E-state index is -2.97. The van der Waals surface area contributed by atoms with Gasteiger partial charge in [-0.15, -0.1) is 0 Å². The molecule has 0 saturated heterocycles. The third-order valence-corrected chi connectivity index (χ3v) is 12.3. The fourth-order valence-corrected chi connectivity index (χ4v) is 7.97. The normalized spacial score (nSPS) is 11.8. The molecule has 0 unspecified atom stereocenters. The maximum absolute atomic E-state index is 10.1. The molecule has 0 saturated carbocycles. The van der Waals surface area contributed by atoms with E-state index in [1.807, 2.05) is 0 Å². The van der Waals surface area contributed by atoms with Crippen LogP contribution in [0.25, 0.3) is 0 Å². The van der Waals surface area contributed by atoms with Crippen molar-refractivity contribution in [1.29, 1.82) is 0 Å². The number of carbonyl (C=O) groups is 3. The van der Waals surface area contributed by atoms with Crippen LogP contribution < -0.4 is 15.3 Å². The predicted molar refractivity (Wildman–Crippen MR) is 281 cm³/mol. The highest BCUT2D eigenvalue weighted by Crippen LogP contribution is 2.16. The van der Waals surface area contributed by atoms with Crippen molar-refractivity contribution in [3.8, 4) is 0 Å². The van der Waals surface area contributed by atoms with Crippen molar-refractivity contribution < 1.29 is 48.3 Å². The summed E-state index contributed by atoms with van der Waals surface area (Å²) in [7, 11) is 20.6. The molecule has 0 aromatic rings. The first-order valence-corrected chi connectivity index (χ1v) is 28.2. The Morgan fingerprint density at radius 2 is 0.463 bits per heavy atom. The summed E-state index contributed by atoms with van der Waals surface area (Å²) in [4.78, 5) is 30.0. The molecule has 0 bridgehead atoms. The van der Waals surface area contributed by atoms with E-state index in [4.69, 9.17) is 5.11 Å². The van der Waals surface area contributed by atoms with Crippen LogP contribution >= 0.6 is 0 Å². The number of aliphatic hydroxyl groups is 1. The van der Waals surface area contributed by atoms with Gasteiger partial charge in [-0.1, -0.05) is 213 Å². The lowest BCUT2D eigenvalue weighted by Gasteiger charge is -2.29. The molecule has 0 aromatic heterocycles. The Hall–Kier alpha value is -1.75. The van der Waals surface area contributed by atoms with Gasteiger partial charge in [0.15, 0.2) is 0 Å². The zero-order valence-electron chi connectivity index (χ0n) is 47.2. The van der Waals surface area contributed by atoms with E-state index in [0.29, 0.717) is 0 Å². The highest BCUT2D eigenvalue weighted by atomic mass is 16.4. The van der Waals surface area contributed by atoms with Crippen LogP contribution in [0.2, 0.25) is 0 Å². The molecule has 10 nitrogen and oxygen atoms in total. The zero-order valence-corrected chi connectivity index (χ0v) is 47.2. The number of rotatable bonds is 44. The van der Waals surface area contributed by atoms with Gasteiger partial charge in [0.2, 0.25) is 0 Å². The molecule has 0 aliphatic heterocycles. The fraction of sp³-hybridized carbons (Fsp3) is 0.947. The summed E-state index contributed by atoms with van der Waals surface area (Å²) in [5, 5.41) is 38.9. The van der Waals surface area contributed by atoms with Crippen molar-refractivity contribution in [2.45, 2.75) is 270 Å². The molecule has 10 heteroatoms. The second-order valence-electron chi connectivity index (χ2n) is 23.1. The average Bonchev–Trinajstić information content (AvgIpc) is 3.21. The van der Waals surface area contributed by atoms with Gasteiger partial charge in [0.05, 0.1) is 89.0 Å². The van der Waals surface area contributed by atoms with Gasteiger partial charge in [-0.3, -0.25) is 0 Å². The summed E-state index contributed by atoms with van der Waals surface area (Å²) in [6.45, 7) is 10.9. The molecule has 0 heterocycles. The van der Waals surface area contributed by atoms with E-state index in [0.717, 1.165) is 13.4 Å². The van der Waals surface area contributed by atoms with E-state index in [-0.39, 0.29) is 0 Å². The maximum atomic E-state index is 10.1. The molecule has 0 atom stereocenters. The first-order chi connectivity index (χ1) is 31.5. The van der Waals surface area contributed by atoms with E-state index < -0.39 is 36.4 Å². The number of aliphatic carboxylic acids is 3. The molecule has 67 heavy (non-hydrogen) atoms. The molecule has 0 aromatic carbocycles. The molecule has 0 spiro atoms. The summed E-state index contributed by atoms with van der Waals surface area (Å²) < 4.78 is 3.37. The topological polar surface area (TPSA) is 141 Å². The SMILES string of the molecule is CCCCCCCCCCCCCC[N+](C)(C)C.CCCCCCCCCCCCCC[N+](C)(C)C.CCCCCCCCCCCCCC[N+](C)(C)C.O=C([O-])CC(O)(CC(=O)[O-])C(=O)[O-]. The summed E-state index contributed by atoms with van der Waals surface area (Å²) in [5.41, 5.74) is -2.97. The Bertz CT molecular complexity index is 959. The molecule has 0 aliphatic carbocycles. The Kier molecular flexibility index (Phi) is 52.8. The molecule has 0 aliphatic rings. The smallest absolute Gasteiger partial charge is 0.114 e. The predicted octanol–water partition coefficient (Wildman–Crippen LogP) is 10.9. The quantitative estimate of drug-likeness (QED) is 0.0473. The Balaban J connectivity index is -0.000000398. The average molecular weight is 959 g/mol. The van der Waals surface area contributed by atoms with Crippen LogP contribution in [0, 0.1) is 0 Å². The van der Waals surface area contributed by atoms with Gasteiger partial charge in [-0.05, 0) is 38.5 Å². The van der Waals surface area contributed by atoms with E-state index in [2.05, 4.69) is 84.2 Å². The highest BCUT2D eigenvalue weighted by Gasteiger charge is 2.29. The van der Waals surface area contributed by atoms with Crippen molar-refractivity contribution in [2.24, 2.45) is 0 Å². The zero-order chi connectivity index (χ0) is 51.7. The van der Waals surface area contributed by atoms with Gasteiger partial charge >= 0.3 is 0 Å². The Morgan fingerprint density at radius 3 is 0.582 bits per heavy atom. The number of quaternary nitrogens is 3. The summed E-state index contributed by atoms with van der Waals surface area (Å²) in [6.07, 6.45) is 49.4. The number of carboxylic acids is 3. The number of carbonyl (C=O) groups excluding carboxylic acids is 3. The largest absolute Gasteiger partial charge is 0.550 e. The van der Waals surface area contributed by atoms with Crippen molar-refractivity contribution in [3.05, 3.63) is 0 Å². The lowest BCUT2D eigenvalue weighted by molar-refractivity contribution is -0.870. The molecule has 0 amide bonds. The molecule has 0 radical (unpaired) electrons. The number of unbranched alkanes of at least 4 members (excludes halogenated alkanes) is 33. The van der Waals surface area contributed by atoms with Crippen LogP contribution in [0.5, 0.6) is 0 Å². The monoisotopic (exact) mass is 958 g/mol. The summed E-state index contributed by atoms with van der Waals surface area (Å²) >= 11 is 0. The van der Waals surface area contributed by atoms with E-state index in [1.165, 1.54) is 251 Å². The van der Waals surface area contributed by atoms with Crippen LogP contribution in [0.4, 0.5) is 0 Å². The number of hydrogen-bond donors (Lipinski definition) is 1. The molecular formula is C57H119N3O7. The summed E-state index contributed by atoms with van der Waals surface area (Å²) in [5.74, 6) is -5.98. The van der Waals surface area contributed by atoms with E-state index >= 15 is 0 Å². The van der Waals surface area contributed by atoms with Gasteiger partial charge in [-0.2, -0.15) is 0 Å². The first-order valence-electron chi connectivity index (χ1n) is 28.2. The minimum absolute atomic E-state index is 1.12. The number of nitrogens with zero attached hydrogens (tertiary/aromatic N) is 3. The van der Waals surface area contributed by atoms with Crippen LogP contribution in [-0.2, 0) is 14.4 Å². The molecule has 0 fully saturated rings. The second kappa shape index (κ2) is 49.2. The van der Waals surface area contributed by atoms with Crippen molar-refractivity contribution in [3.63, 3.8) is 0 Å². The maximum Gasteiger partial charge on any atom is 0.114 e. The third-order valence-electron chi connectivity index (χ3n) is 12.3. The van der Waals surface area contributed by atoms with Crippen molar-refractivity contribution in [2.75, 3.05) is 83.1 Å². The number of carboxylic acid groups (broad SMARTS) is 3. The fourth-order valence-electron chi connectivity index (χ4n) is 7.97. The Labute approximate surface area is 418 Å². The highest BCUT2D eigenvalue weighted by molar-refractivity contribution is 5.86. The molecular weight excluding hydrogens is 839 g/mol. The van der Waals surface area contributed by atoms with Crippen molar-refractivity contribution in [1.82, 2.24) is 0 Å². The minimum Gasteiger partial charge on any atom is -0.550 e. The van der Waals surface area contributed by atoms with Crippen LogP contribution in [0.3, 0.4) is 0 Å². The number of hydrogen-bond acceptors (Lipinski definition) is 7. The lowest BCUT2D eigenvalue weighted by atomic mass is 9.96. The standard InChI is InChI=1S/3C17H38N.C6H8O7/c3*1-5-6-7-8-9-10-11-12-13-14-15-16-17-18(2,3)4;7-3(8)1-6(13,5(11)12)2-4(9)10/h3*5-17H2,1-4H3;13H,1-2H2,(H,7,8)(H,9,10)(H,11,12)/q3*+1;/p-3. The van der Waals surface area contributed by atoms with Gasteiger partial charge in [-0.25, -0.2) is 0 Å². The second-order valence-corrected chi connectivity index (χ2v) is 23.1. The third kappa shape index (κ3) is 70.9. The molecule has 0 rings (SSSR count). The van der Waals surface area contributed by atoms with Crippen LogP contribution in [0.15, 0.2) is 0 Å². The lowest BCUT2D eigenvalue weighted by Crippen LogP contribution is -2.54. The van der Waals surface area contributed by atoms with E-state index in [1.54, 1.807) is 0 Å². The van der Waals surface area contributed by atoms with Gasteiger partial charge in [0.1, 0.15) is 5.60 Å². The Morgan fingerprint density at radius 1 is 0.313 bits per heavy atom. The first kappa shape index (κ1) is 71.8. The van der Waals surface area contributed by atoms with Crippen LogP contribution in [0.1, 0.15) is 265 Å². The van der Waals surface area contributed by atoms with Gasteiger partial charge < -0.3 is 48.3 Å².